The summed E-state index contributed by atoms with van der Waals surface area (Å²) < 4.78 is 6.27. The van der Waals surface area contributed by atoms with Crippen LogP contribution in [0.15, 0.2) is 18.5 Å². The lowest BCUT2D eigenvalue weighted by molar-refractivity contribution is 0.163. The first-order valence-electron chi connectivity index (χ1n) is 7.44. The summed E-state index contributed by atoms with van der Waals surface area (Å²) in [6, 6.07) is 1.73. The molecule has 2 N–H and O–H groups in total. The quantitative estimate of drug-likeness (QED) is 0.714. The summed E-state index contributed by atoms with van der Waals surface area (Å²) in [4.78, 5) is 11.9. The molecule has 0 aliphatic carbocycles. The van der Waals surface area contributed by atoms with Crippen LogP contribution in [0.1, 0.15) is 25.5 Å². The highest BCUT2D eigenvalue weighted by Crippen LogP contribution is 2.26. The van der Waals surface area contributed by atoms with Crippen LogP contribution in [-0.2, 0) is 11.3 Å². The lowest BCUT2D eigenvalue weighted by Gasteiger charge is -2.12. The molecular weight excluding hydrogens is 393 g/mol. The summed E-state index contributed by atoms with van der Waals surface area (Å²) in [6.07, 6.45) is 2.50. The molecule has 0 spiro atoms. The first-order valence-corrected chi connectivity index (χ1v) is 8.57. The average molecular weight is 411 g/mol. The van der Waals surface area contributed by atoms with Gasteiger partial charge in [0.05, 0.1) is 31.2 Å². The van der Waals surface area contributed by atoms with Gasteiger partial charge < -0.3 is 9.84 Å². The number of amides is 1. The van der Waals surface area contributed by atoms with Crippen LogP contribution in [0.4, 0.5) is 10.6 Å². The Morgan fingerprint density at radius 1 is 1.44 bits per heavy atom. The molecule has 2 aromatic heterocycles. The highest BCUT2D eigenvalue weighted by molar-refractivity contribution is 6.67. The topological polar surface area (TPSA) is 94.2 Å². The minimum Gasteiger partial charge on any atom is -0.445 e. The average Bonchev–Trinajstić information content (AvgIpc) is 3.12. The van der Waals surface area contributed by atoms with Gasteiger partial charge in [0.15, 0.2) is 0 Å². The number of rotatable bonds is 6. The highest BCUT2D eigenvalue weighted by Gasteiger charge is 2.23. The van der Waals surface area contributed by atoms with Crippen molar-refractivity contribution in [1.82, 2.24) is 19.6 Å². The minimum atomic E-state index is -1.69. The van der Waals surface area contributed by atoms with Gasteiger partial charge in [0, 0.05) is 6.07 Å². The molecule has 0 atom stereocenters. The zero-order valence-electron chi connectivity index (χ0n) is 13.6. The number of carbonyl (C=O) groups is 1. The lowest BCUT2D eigenvalue weighted by Crippen LogP contribution is -2.22. The number of nitrogens with one attached hydrogen (secondary N) is 1. The van der Waals surface area contributed by atoms with Gasteiger partial charge in [0.25, 0.3) is 0 Å². The van der Waals surface area contributed by atoms with E-state index < -0.39 is 9.89 Å². The number of carbonyl (C=O) groups excluding carboxylic acids is 1. The standard InChI is InChI=1S/C14H18Cl3N5O3/c1-9(2)11-5-12(19-13(24)25-8-14(15,16)17)22(20-11)10-6-18-21(7-10)3-4-23/h5-7,9,23H,3-4,8H2,1-2H3,(H,19,24). The molecule has 0 aromatic carbocycles. The Labute approximate surface area is 159 Å². The van der Waals surface area contributed by atoms with Crippen LogP contribution in [0.5, 0.6) is 0 Å². The van der Waals surface area contributed by atoms with E-state index >= 15 is 0 Å². The van der Waals surface area contributed by atoms with E-state index in [-0.39, 0.29) is 19.1 Å². The Morgan fingerprint density at radius 2 is 2.16 bits per heavy atom. The molecule has 25 heavy (non-hydrogen) atoms. The van der Waals surface area contributed by atoms with E-state index in [1.165, 1.54) is 4.68 Å². The lowest BCUT2D eigenvalue weighted by atomic mass is 10.1. The summed E-state index contributed by atoms with van der Waals surface area (Å²) in [7, 11) is 0. The van der Waals surface area contributed by atoms with Crippen molar-refractivity contribution < 1.29 is 14.6 Å². The number of ether oxygens (including phenoxy) is 1. The van der Waals surface area contributed by atoms with E-state index in [1.54, 1.807) is 23.1 Å². The molecule has 0 aliphatic heterocycles. The van der Waals surface area contributed by atoms with Crippen molar-refractivity contribution in [3.63, 3.8) is 0 Å². The maximum atomic E-state index is 11.9. The summed E-state index contributed by atoms with van der Waals surface area (Å²) in [5.41, 5.74) is 1.39. The second kappa shape index (κ2) is 8.27. The second-order valence-corrected chi connectivity index (χ2v) is 8.04. The molecule has 0 radical (unpaired) electrons. The first-order chi connectivity index (χ1) is 11.7. The summed E-state index contributed by atoms with van der Waals surface area (Å²) in [6.45, 7) is 3.89. The highest BCUT2D eigenvalue weighted by atomic mass is 35.6. The van der Waals surface area contributed by atoms with Crippen LogP contribution in [0.25, 0.3) is 5.69 Å². The van der Waals surface area contributed by atoms with Crippen molar-refractivity contribution in [2.45, 2.75) is 30.1 Å². The van der Waals surface area contributed by atoms with Crippen molar-refractivity contribution in [2.75, 3.05) is 18.5 Å². The Hall–Kier alpha value is -1.48. The zero-order chi connectivity index (χ0) is 18.6. The Kier molecular flexibility index (Phi) is 6.56. The molecule has 0 saturated carbocycles. The Bertz CT molecular complexity index is 724. The van der Waals surface area contributed by atoms with Crippen LogP contribution >= 0.6 is 34.8 Å². The van der Waals surface area contributed by atoms with Crippen LogP contribution in [0.3, 0.4) is 0 Å². The monoisotopic (exact) mass is 409 g/mol. The van der Waals surface area contributed by atoms with Gasteiger partial charge in [-0.3, -0.25) is 10.00 Å². The molecule has 0 fully saturated rings. The largest absolute Gasteiger partial charge is 0.445 e. The molecule has 1 amide bonds. The Morgan fingerprint density at radius 3 is 2.76 bits per heavy atom. The fraction of sp³-hybridized carbons (Fsp3) is 0.500. The summed E-state index contributed by atoms with van der Waals surface area (Å²) >= 11 is 16.7. The van der Waals surface area contributed by atoms with Gasteiger partial charge >= 0.3 is 6.09 Å². The molecule has 0 saturated heterocycles. The van der Waals surface area contributed by atoms with Crippen LogP contribution in [-0.4, -0.2) is 47.8 Å². The molecule has 11 heteroatoms. The molecule has 2 rings (SSSR count). The zero-order valence-corrected chi connectivity index (χ0v) is 15.9. The van der Waals surface area contributed by atoms with Crippen molar-refractivity contribution in [1.29, 1.82) is 0 Å². The predicted octanol–water partition coefficient (Wildman–Crippen LogP) is 3.10. The number of aliphatic hydroxyl groups excluding tert-OH is 1. The minimum absolute atomic E-state index is 0.0358. The SMILES string of the molecule is CC(C)c1cc(NC(=O)OCC(Cl)(Cl)Cl)n(-c2cnn(CCO)c2)n1. The second-order valence-electron chi connectivity index (χ2n) is 5.52. The molecule has 2 aromatic rings. The van der Waals surface area contributed by atoms with Gasteiger partial charge in [-0.2, -0.15) is 10.2 Å². The van der Waals surface area contributed by atoms with E-state index in [1.807, 2.05) is 13.8 Å². The number of aliphatic hydroxyl groups is 1. The fourth-order valence-corrected chi connectivity index (χ4v) is 2.11. The van der Waals surface area contributed by atoms with Gasteiger partial charge in [0.2, 0.25) is 3.79 Å². The van der Waals surface area contributed by atoms with Gasteiger partial charge in [-0.1, -0.05) is 48.7 Å². The normalized spacial score (nSPS) is 11.8. The number of hydrogen-bond acceptors (Lipinski definition) is 5. The number of hydrogen-bond donors (Lipinski definition) is 2. The van der Waals surface area contributed by atoms with E-state index in [4.69, 9.17) is 44.6 Å². The van der Waals surface area contributed by atoms with Crippen LogP contribution in [0, 0.1) is 0 Å². The van der Waals surface area contributed by atoms with Crippen molar-refractivity contribution in [3.8, 4) is 5.69 Å². The van der Waals surface area contributed by atoms with Crippen LogP contribution < -0.4 is 5.32 Å². The molecule has 0 aliphatic rings. The van der Waals surface area contributed by atoms with Crippen LogP contribution in [0.2, 0.25) is 0 Å². The molecule has 0 bridgehead atoms. The van der Waals surface area contributed by atoms with E-state index in [2.05, 4.69) is 15.5 Å². The van der Waals surface area contributed by atoms with Crippen molar-refractivity contribution >= 4 is 46.7 Å². The third kappa shape index (κ3) is 5.78. The van der Waals surface area contributed by atoms with Gasteiger partial charge in [0.1, 0.15) is 18.1 Å². The molecule has 2 heterocycles. The fourth-order valence-electron chi connectivity index (χ4n) is 1.94. The maximum absolute atomic E-state index is 11.9. The third-order valence-electron chi connectivity index (χ3n) is 3.11. The number of anilines is 1. The predicted molar refractivity (Wildman–Crippen MR) is 95.8 cm³/mol. The smallest absolute Gasteiger partial charge is 0.412 e. The summed E-state index contributed by atoms with van der Waals surface area (Å²) in [5, 5.41) is 20.2. The summed E-state index contributed by atoms with van der Waals surface area (Å²) in [5.74, 6) is 0.535. The van der Waals surface area contributed by atoms with E-state index in [9.17, 15) is 4.79 Å². The molecule has 8 nitrogen and oxygen atoms in total. The molecular formula is C14H18Cl3N5O3. The Balaban J connectivity index is 2.22. The van der Waals surface area contributed by atoms with Crippen molar-refractivity contribution in [2.24, 2.45) is 0 Å². The maximum Gasteiger partial charge on any atom is 0.412 e. The molecule has 0 unspecified atom stereocenters. The number of nitrogens with zero attached hydrogens (tertiary/aromatic N) is 4. The van der Waals surface area contributed by atoms with Gasteiger partial charge in [-0.05, 0) is 5.92 Å². The first kappa shape index (κ1) is 19.8. The number of alkyl halides is 3. The van der Waals surface area contributed by atoms with Gasteiger partial charge in [-0.15, -0.1) is 0 Å². The van der Waals surface area contributed by atoms with E-state index in [0.29, 0.717) is 18.1 Å². The number of aromatic nitrogens is 4. The van der Waals surface area contributed by atoms with Gasteiger partial charge in [-0.25, -0.2) is 9.48 Å². The van der Waals surface area contributed by atoms with Crippen molar-refractivity contribution in [3.05, 3.63) is 24.2 Å². The third-order valence-corrected chi connectivity index (χ3v) is 3.44. The van der Waals surface area contributed by atoms with E-state index in [0.717, 1.165) is 5.69 Å². The molecule has 138 valence electrons. The number of halogens is 3.